The van der Waals surface area contributed by atoms with E-state index in [4.69, 9.17) is 18.9 Å². The van der Waals surface area contributed by atoms with Crippen molar-refractivity contribution in [3.8, 4) is 16.9 Å². The monoisotopic (exact) mass is 568 g/mol. The summed E-state index contributed by atoms with van der Waals surface area (Å²) >= 11 is -0.0461. The van der Waals surface area contributed by atoms with E-state index in [-0.39, 0.29) is 48.9 Å². The van der Waals surface area contributed by atoms with Gasteiger partial charge < -0.3 is 24.1 Å². The molecule has 0 amide bonds. The number of nitrogens with zero attached hydrogens (tertiary/aromatic N) is 2. The number of ether oxygens (including phenoxy) is 4. The molecule has 40 heavy (non-hydrogen) atoms. The van der Waals surface area contributed by atoms with E-state index in [9.17, 15) is 8.99 Å². The second kappa shape index (κ2) is 11.7. The first-order valence-electron chi connectivity index (χ1n) is 13.3. The zero-order chi connectivity index (χ0) is 27.6. The number of allylic oxidation sites excluding steroid dienone is 3. The quantitative estimate of drug-likeness (QED) is 0.294. The number of fused-ring (bicyclic) bond motifs is 1. The zero-order valence-electron chi connectivity index (χ0n) is 21.7. The van der Waals surface area contributed by atoms with Crippen molar-refractivity contribution in [1.82, 2.24) is 4.31 Å². The van der Waals surface area contributed by atoms with E-state index in [0.717, 1.165) is 23.3 Å². The Hall–Kier alpha value is -3.18. The molecule has 7 nitrogen and oxygen atoms in total. The molecule has 4 aliphatic rings. The molecule has 2 saturated heterocycles. The van der Waals surface area contributed by atoms with Gasteiger partial charge in [-0.3, -0.25) is 4.99 Å². The summed E-state index contributed by atoms with van der Waals surface area (Å²) in [5, 5.41) is 10.1. The highest BCUT2D eigenvalue weighted by molar-refractivity contribution is 7.92. The Labute approximate surface area is 236 Å². The predicted octanol–water partition coefficient (Wildman–Crippen LogP) is 5.99. The normalized spacial score (nSPS) is 27.7. The molecule has 0 radical (unpaired) electrons. The van der Waals surface area contributed by atoms with Gasteiger partial charge in [0, 0.05) is 23.6 Å². The van der Waals surface area contributed by atoms with Crippen molar-refractivity contribution in [2.24, 2.45) is 10.9 Å². The van der Waals surface area contributed by atoms with E-state index in [0.29, 0.717) is 43.2 Å². The smallest absolute Gasteiger partial charge is 0.202 e. The molecule has 1 aliphatic carbocycles. The van der Waals surface area contributed by atoms with Crippen LogP contribution in [0.4, 0.5) is 8.28 Å². The van der Waals surface area contributed by atoms with Crippen molar-refractivity contribution in [3.05, 3.63) is 83.7 Å². The summed E-state index contributed by atoms with van der Waals surface area (Å²) in [5.74, 6) is 0.494. The SMILES string of the molecule is C=N/C(=C(F)\C=C1/CC=C(O[C@@H]2CCC3[C@H](O)CO[C@@H]32)N1SF)c1ccc(-c2ccc(OC3COC3)cc2)cc1. The van der Waals surface area contributed by atoms with Crippen LogP contribution in [0.2, 0.25) is 0 Å². The lowest BCUT2D eigenvalue weighted by molar-refractivity contribution is -0.0796. The number of halogens is 2. The second-order valence-electron chi connectivity index (χ2n) is 10.2. The summed E-state index contributed by atoms with van der Waals surface area (Å²) in [4.78, 5) is 3.93. The third-order valence-electron chi connectivity index (χ3n) is 7.75. The third kappa shape index (κ3) is 5.41. The lowest BCUT2D eigenvalue weighted by atomic mass is 10.0. The Balaban J connectivity index is 1.14. The summed E-state index contributed by atoms with van der Waals surface area (Å²) in [6, 6.07) is 15.1. The van der Waals surface area contributed by atoms with E-state index < -0.39 is 11.9 Å². The van der Waals surface area contributed by atoms with E-state index in [2.05, 4.69) is 11.7 Å². The minimum absolute atomic E-state index is 0.0300. The predicted molar refractivity (Wildman–Crippen MR) is 149 cm³/mol. The van der Waals surface area contributed by atoms with Crippen LogP contribution in [0.15, 0.2) is 83.1 Å². The van der Waals surface area contributed by atoms with Gasteiger partial charge in [-0.05, 0) is 55.0 Å². The highest BCUT2D eigenvalue weighted by Gasteiger charge is 2.47. The fraction of sp³-hybridized carbons (Fsp3) is 0.367. The highest BCUT2D eigenvalue weighted by Crippen LogP contribution is 2.42. The van der Waals surface area contributed by atoms with Crippen LogP contribution >= 0.6 is 12.3 Å². The number of benzene rings is 2. The lowest BCUT2D eigenvalue weighted by Crippen LogP contribution is -2.38. The zero-order valence-corrected chi connectivity index (χ0v) is 22.6. The Morgan fingerprint density at radius 1 is 1.05 bits per heavy atom. The minimum atomic E-state index is -0.629. The number of hydrogen-bond acceptors (Lipinski definition) is 8. The summed E-state index contributed by atoms with van der Waals surface area (Å²) in [5.41, 5.74) is 2.95. The number of rotatable bonds is 9. The van der Waals surface area contributed by atoms with Crippen LogP contribution < -0.4 is 4.74 Å². The van der Waals surface area contributed by atoms with E-state index in [1.165, 1.54) is 10.4 Å². The van der Waals surface area contributed by atoms with Crippen molar-refractivity contribution in [2.45, 2.75) is 43.7 Å². The Bertz CT molecular complexity index is 1330. The van der Waals surface area contributed by atoms with Crippen LogP contribution in [0.3, 0.4) is 0 Å². The molecule has 4 atom stereocenters. The van der Waals surface area contributed by atoms with Crippen molar-refractivity contribution in [2.75, 3.05) is 19.8 Å². The first-order chi connectivity index (χ1) is 19.5. The first-order valence-corrected chi connectivity index (χ1v) is 14.0. The number of hydrogen-bond donors (Lipinski definition) is 1. The molecule has 0 spiro atoms. The van der Waals surface area contributed by atoms with Crippen LogP contribution in [-0.2, 0) is 14.2 Å². The van der Waals surface area contributed by atoms with Gasteiger partial charge in [-0.25, -0.2) is 8.70 Å². The van der Waals surface area contributed by atoms with Crippen molar-refractivity contribution < 1.29 is 32.3 Å². The molecule has 10 heteroatoms. The average molecular weight is 569 g/mol. The molecule has 1 saturated carbocycles. The van der Waals surface area contributed by atoms with Crippen LogP contribution in [0.5, 0.6) is 5.75 Å². The molecule has 1 N–H and O–H groups in total. The van der Waals surface area contributed by atoms with Crippen LogP contribution in [-0.4, -0.2) is 60.4 Å². The van der Waals surface area contributed by atoms with Gasteiger partial charge in [0.2, 0.25) is 5.88 Å². The standard InChI is InChI=1S/C30H30F2N2O5S/c1-33-29(20-4-2-18(3-5-20)19-6-9-22(10-7-19)38-23-15-36-16-23)25(31)14-21-8-13-28(34(21)40-32)39-27-12-11-24-26(35)17-37-30(24)27/h2-7,9-10,13-14,23-24,26-27,30,35H,1,8,11-12,15-17H2/b21-14+,29-25+/t24?,26-,27-,30+/m1/s1. The molecule has 3 heterocycles. The van der Waals surface area contributed by atoms with Crippen molar-refractivity contribution in [1.29, 1.82) is 0 Å². The molecule has 0 bridgehead atoms. The number of aliphatic hydroxyl groups excluding tert-OH is 1. The van der Waals surface area contributed by atoms with E-state index in [1.807, 2.05) is 36.4 Å². The summed E-state index contributed by atoms with van der Waals surface area (Å²) in [7, 11) is 0. The molecule has 3 aliphatic heterocycles. The molecule has 1 unspecified atom stereocenters. The van der Waals surface area contributed by atoms with E-state index in [1.54, 1.807) is 18.2 Å². The molecule has 6 rings (SSSR count). The maximum absolute atomic E-state index is 15.4. The topological polar surface area (TPSA) is 72.8 Å². The van der Waals surface area contributed by atoms with Gasteiger partial charge in [0.05, 0.1) is 32.0 Å². The Kier molecular flexibility index (Phi) is 7.93. The number of aliphatic hydroxyl groups is 1. The molecule has 2 aromatic rings. The fourth-order valence-corrected chi connectivity index (χ4v) is 5.95. The van der Waals surface area contributed by atoms with Gasteiger partial charge in [0.25, 0.3) is 0 Å². The third-order valence-corrected chi connectivity index (χ3v) is 8.30. The molecule has 0 aromatic heterocycles. The van der Waals surface area contributed by atoms with Gasteiger partial charge in [0.1, 0.15) is 23.7 Å². The maximum Gasteiger partial charge on any atom is 0.202 e. The molecular weight excluding hydrogens is 538 g/mol. The largest absolute Gasteiger partial charge is 0.486 e. The van der Waals surface area contributed by atoms with Crippen molar-refractivity contribution >= 4 is 24.7 Å². The van der Waals surface area contributed by atoms with Crippen LogP contribution in [0.25, 0.3) is 16.8 Å². The average Bonchev–Trinajstić information content (AvgIpc) is 3.64. The van der Waals surface area contributed by atoms with Gasteiger partial charge in [-0.1, -0.05) is 36.4 Å². The van der Waals surface area contributed by atoms with Gasteiger partial charge in [0.15, 0.2) is 18.2 Å². The minimum Gasteiger partial charge on any atom is -0.486 e. The maximum atomic E-state index is 15.4. The van der Waals surface area contributed by atoms with Crippen molar-refractivity contribution in [3.63, 3.8) is 0 Å². The summed E-state index contributed by atoms with van der Waals surface area (Å²) < 4.78 is 53.4. The van der Waals surface area contributed by atoms with Gasteiger partial charge in [-0.2, -0.15) is 0 Å². The molecule has 3 fully saturated rings. The second-order valence-corrected chi connectivity index (χ2v) is 10.7. The first kappa shape index (κ1) is 27.0. The van der Waals surface area contributed by atoms with Gasteiger partial charge in [-0.15, -0.1) is 3.89 Å². The Morgan fingerprint density at radius 2 is 1.77 bits per heavy atom. The highest BCUT2D eigenvalue weighted by atomic mass is 32.2. The molecular formula is C30H30F2N2O5S. The fourth-order valence-electron chi connectivity index (χ4n) is 5.55. The lowest BCUT2D eigenvalue weighted by Gasteiger charge is -2.26. The molecule has 210 valence electrons. The van der Waals surface area contributed by atoms with Crippen LogP contribution in [0.1, 0.15) is 24.8 Å². The summed E-state index contributed by atoms with van der Waals surface area (Å²) in [6.45, 7) is 5.06. The molecule has 2 aromatic carbocycles. The van der Waals surface area contributed by atoms with Gasteiger partial charge >= 0.3 is 0 Å². The Morgan fingerprint density at radius 3 is 2.42 bits per heavy atom. The van der Waals surface area contributed by atoms with E-state index >= 15 is 4.39 Å². The number of aliphatic imine (C=N–C) groups is 1. The summed E-state index contributed by atoms with van der Waals surface area (Å²) in [6.07, 6.45) is 3.87. The van der Waals surface area contributed by atoms with Crippen LogP contribution in [0, 0.1) is 5.92 Å².